The standard InChI is InChI=1S/C14H15ClN2O3S/c1-17(7-9-4-3-5-10(15)6-9)14-16-11(8-20-2)12(21-14)13(18)19/h3-6H,7-8H2,1-2H3,(H,18,19). The van der Waals surface area contributed by atoms with Gasteiger partial charge in [-0.1, -0.05) is 35.1 Å². The summed E-state index contributed by atoms with van der Waals surface area (Å²) >= 11 is 7.10. The third-order valence-corrected chi connectivity index (χ3v) is 4.23. The van der Waals surface area contributed by atoms with E-state index in [-0.39, 0.29) is 11.5 Å². The van der Waals surface area contributed by atoms with Gasteiger partial charge in [-0.25, -0.2) is 9.78 Å². The van der Waals surface area contributed by atoms with Gasteiger partial charge in [-0.15, -0.1) is 0 Å². The van der Waals surface area contributed by atoms with E-state index in [1.807, 2.05) is 36.2 Å². The molecule has 1 heterocycles. The zero-order valence-corrected chi connectivity index (χ0v) is 13.2. The Balaban J connectivity index is 2.20. The van der Waals surface area contributed by atoms with Gasteiger partial charge in [-0.2, -0.15) is 0 Å². The number of rotatable bonds is 6. The van der Waals surface area contributed by atoms with Crippen LogP contribution in [0.2, 0.25) is 5.02 Å². The van der Waals surface area contributed by atoms with Crippen molar-refractivity contribution in [3.63, 3.8) is 0 Å². The van der Waals surface area contributed by atoms with Crippen LogP contribution in [-0.4, -0.2) is 30.2 Å². The van der Waals surface area contributed by atoms with Gasteiger partial charge >= 0.3 is 5.97 Å². The summed E-state index contributed by atoms with van der Waals surface area (Å²) < 4.78 is 4.99. The number of thiazole rings is 1. The highest BCUT2D eigenvalue weighted by molar-refractivity contribution is 7.17. The minimum absolute atomic E-state index is 0.184. The summed E-state index contributed by atoms with van der Waals surface area (Å²) in [5, 5.41) is 10.5. The van der Waals surface area contributed by atoms with Crippen LogP contribution in [0.3, 0.4) is 0 Å². The normalized spacial score (nSPS) is 10.6. The lowest BCUT2D eigenvalue weighted by molar-refractivity contribution is 0.0697. The molecule has 21 heavy (non-hydrogen) atoms. The van der Waals surface area contributed by atoms with Crippen molar-refractivity contribution in [2.75, 3.05) is 19.1 Å². The van der Waals surface area contributed by atoms with Gasteiger partial charge in [0, 0.05) is 25.7 Å². The predicted molar refractivity (Wildman–Crippen MR) is 83.3 cm³/mol. The summed E-state index contributed by atoms with van der Waals surface area (Å²) in [6, 6.07) is 7.53. The molecule has 1 aromatic carbocycles. The number of carbonyl (C=O) groups is 1. The molecule has 0 atom stereocenters. The maximum Gasteiger partial charge on any atom is 0.347 e. The van der Waals surface area contributed by atoms with Crippen LogP contribution in [0.1, 0.15) is 20.9 Å². The largest absolute Gasteiger partial charge is 0.477 e. The lowest BCUT2D eigenvalue weighted by Gasteiger charge is -2.15. The Labute approximate surface area is 131 Å². The molecule has 1 N–H and O–H groups in total. The fourth-order valence-electron chi connectivity index (χ4n) is 1.88. The summed E-state index contributed by atoms with van der Waals surface area (Å²) in [5.41, 5.74) is 1.48. The molecule has 0 radical (unpaired) electrons. The Kier molecular flexibility index (Phi) is 5.17. The second kappa shape index (κ2) is 6.89. The molecular weight excluding hydrogens is 312 g/mol. The third-order valence-electron chi connectivity index (χ3n) is 2.80. The van der Waals surface area contributed by atoms with Crippen molar-refractivity contribution in [1.82, 2.24) is 4.98 Å². The molecule has 0 saturated heterocycles. The molecule has 2 rings (SSSR count). The number of carboxylic acid groups (broad SMARTS) is 1. The molecule has 0 amide bonds. The van der Waals surface area contributed by atoms with Gasteiger partial charge < -0.3 is 14.7 Å². The van der Waals surface area contributed by atoms with E-state index in [1.165, 1.54) is 7.11 Å². The van der Waals surface area contributed by atoms with E-state index in [1.54, 1.807) is 0 Å². The molecule has 0 aliphatic heterocycles. The fourth-order valence-corrected chi connectivity index (χ4v) is 2.96. The Hall–Kier alpha value is -1.63. The van der Waals surface area contributed by atoms with Crippen LogP contribution >= 0.6 is 22.9 Å². The van der Waals surface area contributed by atoms with Crippen molar-refractivity contribution >= 4 is 34.0 Å². The highest BCUT2D eigenvalue weighted by Crippen LogP contribution is 2.27. The Morgan fingerprint density at radius 2 is 2.29 bits per heavy atom. The zero-order chi connectivity index (χ0) is 15.4. The number of benzene rings is 1. The Bertz CT molecular complexity index is 645. The molecule has 0 unspecified atom stereocenters. The number of carboxylic acids is 1. The first kappa shape index (κ1) is 15.8. The summed E-state index contributed by atoms with van der Waals surface area (Å²) in [6.45, 7) is 0.780. The van der Waals surface area contributed by atoms with Crippen LogP contribution < -0.4 is 4.90 Å². The molecule has 0 fully saturated rings. The second-order valence-corrected chi connectivity index (χ2v) is 5.91. The van der Waals surface area contributed by atoms with Crippen LogP contribution in [0.5, 0.6) is 0 Å². The van der Waals surface area contributed by atoms with Crippen molar-refractivity contribution < 1.29 is 14.6 Å². The van der Waals surface area contributed by atoms with Gasteiger partial charge in [0.15, 0.2) is 5.13 Å². The summed E-state index contributed by atoms with van der Waals surface area (Å²) in [4.78, 5) is 17.7. The van der Waals surface area contributed by atoms with Gasteiger partial charge in [0.25, 0.3) is 0 Å². The van der Waals surface area contributed by atoms with Gasteiger partial charge in [-0.3, -0.25) is 0 Å². The molecule has 0 aliphatic carbocycles. The molecule has 0 saturated carbocycles. The summed E-state index contributed by atoms with van der Waals surface area (Å²) in [5.74, 6) is -0.984. The quantitative estimate of drug-likeness (QED) is 0.882. The van der Waals surface area contributed by atoms with Crippen molar-refractivity contribution in [3.8, 4) is 0 Å². The predicted octanol–water partition coefficient (Wildman–Crippen LogP) is 3.28. The number of aromatic carboxylic acids is 1. The minimum atomic E-state index is -0.984. The number of hydrogen-bond donors (Lipinski definition) is 1. The van der Waals surface area contributed by atoms with Gasteiger partial charge in [0.05, 0.1) is 12.3 Å². The maximum absolute atomic E-state index is 11.2. The summed E-state index contributed by atoms with van der Waals surface area (Å²) in [7, 11) is 3.38. The van der Waals surface area contributed by atoms with Crippen molar-refractivity contribution in [3.05, 3.63) is 45.4 Å². The monoisotopic (exact) mass is 326 g/mol. The maximum atomic E-state index is 11.2. The Morgan fingerprint density at radius 1 is 1.52 bits per heavy atom. The fraction of sp³-hybridized carbons (Fsp3) is 0.286. The highest BCUT2D eigenvalue weighted by Gasteiger charge is 2.19. The second-order valence-electron chi connectivity index (χ2n) is 4.50. The Morgan fingerprint density at radius 3 is 2.90 bits per heavy atom. The van der Waals surface area contributed by atoms with Crippen LogP contribution in [0.25, 0.3) is 0 Å². The molecule has 1 aromatic heterocycles. The molecule has 112 valence electrons. The molecular formula is C14H15ClN2O3S. The lowest BCUT2D eigenvalue weighted by atomic mass is 10.2. The first-order valence-corrected chi connectivity index (χ1v) is 7.38. The van der Waals surface area contributed by atoms with Gasteiger partial charge in [-0.05, 0) is 17.7 Å². The number of halogens is 1. The first-order valence-electron chi connectivity index (χ1n) is 6.18. The van der Waals surface area contributed by atoms with Crippen molar-refractivity contribution in [1.29, 1.82) is 0 Å². The molecule has 7 heteroatoms. The first-order chi connectivity index (χ1) is 10.0. The summed E-state index contributed by atoms with van der Waals surface area (Å²) in [6.07, 6.45) is 0. The van der Waals surface area contributed by atoms with E-state index >= 15 is 0 Å². The van der Waals surface area contributed by atoms with Crippen LogP contribution in [0, 0.1) is 0 Å². The molecule has 2 aromatic rings. The van der Waals surface area contributed by atoms with Crippen molar-refractivity contribution in [2.45, 2.75) is 13.2 Å². The minimum Gasteiger partial charge on any atom is -0.477 e. The topological polar surface area (TPSA) is 62.7 Å². The lowest BCUT2D eigenvalue weighted by Crippen LogP contribution is -2.16. The van der Waals surface area contributed by atoms with E-state index in [2.05, 4.69) is 4.98 Å². The van der Waals surface area contributed by atoms with Gasteiger partial charge in [0.2, 0.25) is 0 Å². The molecule has 0 aliphatic rings. The number of methoxy groups -OCH3 is 1. The van der Waals surface area contributed by atoms with E-state index in [9.17, 15) is 9.90 Å². The highest BCUT2D eigenvalue weighted by atomic mass is 35.5. The van der Waals surface area contributed by atoms with E-state index in [4.69, 9.17) is 16.3 Å². The number of hydrogen-bond acceptors (Lipinski definition) is 5. The number of anilines is 1. The SMILES string of the molecule is COCc1nc(N(C)Cc2cccc(Cl)c2)sc1C(=O)O. The number of nitrogens with zero attached hydrogens (tertiary/aromatic N) is 2. The van der Waals surface area contributed by atoms with E-state index in [0.717, 1.165) is 16.9 Å². The molecule has 0 bridgehead atoms. The van der Waals surface area contributed by atoms with Gasteiger partial charge in [0.1, 0.15) is 4.88 Å². The number of aromatic nitrogens is 1. The smallest absolute Gasteiger partial charge is 0.347 e. The third kappa shape index (κ3) is 3.93. The van der Waals surface area contributed by atoms with E-state index < -0.39 is 5.97 Å². The van der Waals surface area contributed by atoms with Crippen LogP contribution in [0.4, 0.5) is 5.13 Å². The average Bonchev–Trinajstić information content (AvgIpc) is 2.83. The van der Waals surface area contributed by atoms with Crippen LogP contribution in [0.15, 0.2) is 24.3 Å². The zero-order valence-electron chi connectivity index (χ0n) is 11.7. The molecule has 5 nitrogen and oxygen atoms in total. The van der Waals surface area contributed by atoms with E-state index in [0.29, 0.717) is 22.4 Å². The average molecular weight is 327 g/mol. The number of ether oxygens (including phenoxy) is 1. The molecule has 0 spiro atoms. The van der Waals surface area contributed by atoms with Crippen molar-refractivity contribution in [2.24, 2.45) is 0 Å². The van der Waals surface area contributed by atoms with Crippen LogP contribution in [-0.2, 0) is 17.9 Å².